The number of carbonyl (C=O) groups is 1. The van der Waals surface area contributed by atoms with E-state index in [1.807, 2.05) is 0 Å². The molecule has 1 aromatic rings. The van der Waals surface area contributed by atoms with Gasteiger partial charge in [-0.15, -0.1) is 0 Å². The van der Waals surface area contributed by atoms with Crippen LogP contribution in [0.4, 0.5) is 0 Å². The Hall–Kier alpha value is -0.950. The van der Waals surface area contributed by atoms with Gasteiger partial charge < -0.3 is 4.74 Å². The maximum Gasteiger partial charge on any atom is 0.349 e. The summed E-state index contributed by atoms with van der Waals surface area (Å²) in [6, 6.07) is 1.54. The molecule has 0 saturated heterocycles. The molecule has 0 aromatic carbocycles. The van der Waals surface area contributed by atoms with Crippen LogP contribution < -0.4 is 0 Å². The lowest BCUT2D eigenvalue weighted by atomic mass is 10.2. The van der Waals surface area contributed by atoms with Crippen LogP contribution in [0.2, 0.25) is 0 Å². The zero-order valence-electron chi connectivity index (χ0n) is 9.60. The first-order chi connectivity index (χ1) is 7.90. The normalized spacial score (nSPS) is 17.8. The molecule has 94 valence electrons. The van der Waals surface area contributed by atoms with Crippen LogP contribution in [-0.4, -0.2) is 31.6 Å². The van der Waals surface area contributed by atoms with Crippen LogP contribution in [0.5, 0.6) is 0 Å². The molecule has 0 N–H and O–H groups in total. The number of sulfone groups is 1. The first-order valence-corrected chi connectivity index (χ1v) is 7.91. The molecule has 0 aliphatic heterocycles. The lowest BCUT2D eigenvalue weighted by Gasteiger charge is -2.08. The minimum absolute atomic E-state index is 0.295. The number of rotatable bonds is 4. The molecule has 1 saturated carbocycles. The quantitative estimate of drug-likeness (QED) is 0.776. The second kappa shape index (κ2) is 4.06. The molecule has 0 spiro atoms. The predicted octanol–water partition coefficient (Wildman–Crippen LogP) is 1.35. The first kappa shape index (κ1) is 12.5. The molecular weight excluding hydrogens is 262 g/mol. The topological polar surface area (TPSA) is 73.3 Å². The van der Waals surface area contributed by atoms with Gasteiger partial charge in [-0.3, -0.25) is 0 Å². The first-order valence-electron chi connectivity index (χ1n) is 5.24. The second-order valence-electron chi connectivity index (χ2n) is 4.06. The smallest absolute Gasteiger partial charge is 0.349 e. The van der Waals surface area contributed by atoms with Crippen LogP contribution in [-0.2, 0) is 19.3 Å². The molecular formula is C10H13NO4S2. The van der Waals surface area contributed by atoms with Crippen LogP contribution in [0.3, 0.4) is 0 Å². The maximum absolute atomic E-state index is 11.7. The predicted molar refractivity (Wildman–Crippen MR) is 63.8 cm³/mol. The highest BCUT2D eigenvalue weighted by Gasteiger charge is 2.55. The Labute approximate surface area is 104 Å². The van der Waals surface area contributed by atoms with Crippen molar-refractivity contribution in [3.8, 4) is 0 Å². The van der Waals surface area contributed by atoms with Crippen LogP contribution in [0.1, 0.15) is 35.1 Å². The van der Waals surface area contributed by atoms with E-state index in [9.17, 15) is 13.2 Å². The van der Waals surface area contributed by atoms with Gasteiger partial charge in [0.15, 0.2) is 9.84 Å². The number of ether oxygens (including phenoxy) is 1. The zero-order chi connectivity index (χ0) is 12.7. The Morgan fingerprint density at radius 1 is 1.59 bits per heavy atom. The van der Waals surface area contributed by atoms with E-state index in [4.69, 9.17) is 4.74 Å². The molecule has 5 nitrogen and oxygen atoms in total. The Morgan fingerprint density at radius 3 is 2.71 bits per heavy atom. The molecule has 17 heavy (non-hydrogen) atoms. The van der Waals surface area contributed by atoms with Gasteiger partial charge in [-0.1, -0.05) is 0 Å². The van der Waals surface area contributed by atoms with Crippen molar-refractivity contribution < 1.29 is 17.9 Å². The summed E-state index contributed by atoms with van der Waals surface area (Å²) in [5.41, 5.74) is 0.480. The van der Waals surface area contributed by atoms with E-state index < -0.39 is 20.6 Å². The van der Waals surface area contributed by atoms with Gasteiger partial charge in [-0.05, 0) is 37.4 Å². The van der Waals surface area contributed by atoms with Gasteiger partial charge in [0.2, 0.25) is 0 Å². The molecule has 0 amide bonds. The number of hydrogen-bond donors (Lipinski definition) is 0. The van der Waals surface area contributed by atoms with Crippen molar-refractivity contribution >= 4 is 27.3 Å². The fraction of sp³-hybridized carbons (Fsp3) is 0.600. The van der Waals surface area contributed by atoms with Gasteiger partial charge in [0.05, 0.1) is 12.3 Å². The molecule has 0 bridgehead atoms. The molecule has 1 aliphatic rings. The van der Waals surface area contributed by atoms with E-state index >= 15 is 0 Å². The van der Waals surface area contributed by atoms with Crippen molar-refractivity contribution in [2.45, 2.75) is 24.5 Å². The lowest BCUT2D eigenvalue weighted by Crippen LogP contribution is -2.19. The van der Waals surface area contributed by atoms with Crippen molar-refractivity contribution in [1.82, 2.24) is 4.37 Å². The monoisotopic (exact) mass is 275 g/mol. The van der Waals surface area contributed by atoms with E-state index in [2.05, 4.69) is 4.37 Å². The standard InChI is InChI=1S/C10H13NO4S2/c1-3-15-9(12)7-6-8(11-16-7)10(4-5-10)17(2,13)14/h6H,3-5H2,1-2H3. The maximum atomic E-state index is 11.7. The third-order valence-electron chi connectivity index (χ3n) is 2.87. The summed E-state index contributed by atoms with van der Waals surface area (Å²) >= 11 is 0.992. The Kier molecular flexibility index (Phi) is 2.99. The van der Waals surface area contributed by atoms with Gasteiger partial charge in [-0.2, -0.15) is 4.37 Å². The number of nitrogens with zero attached hydrogens (tertiary/aromatic N) is 1. The molecule has 1 fully saturated rings. The average molecular weight is 275 g/mol. The highest BCUT2D eigenvalue weighted by Crippen LogP contribution is 2.52. The summed E-state index contributed by atoms with van der Waals surface area (Å²) in [5.74, 6) is -0.444. The fourth-order valence-corrected chi connectivity index (χ4v) is 3.83. The third-order valence-corrected chi connectivity index (χ3v) is 5.67. The van der Waals surface area contributed by atoms with Gasteiger partial charge in [0.25, 0.3) is 0 Å². The van der Waals surface area contributed by atoms with Crippen LogP contribution in [0.25, 0.3) is 0 Å². The van der Waals surface area contributed by atoms with E-state index in [1.165, 1.54) is 12.3 Å². The lowest BCUT2D eigenvalue weighted by molar-refractivity contribution is 0.0532. The highest BCUT2D eigenvalue weighted by atomic mass is 32.2. The fourth-order valence-electron chi connectivity index (χ4n) is 1.72. The number of hydrogen-bond acceptors (Lipinski definition) is 6. The van der Waals surface area contributed by atoms with Crippen LogP contribution in [0, 0.1) is 0 Å². The molecule has 2 rings (SSSR count). The second-order valence-corrected chi connectivity index (χ2v) is 7.19. The molecule has 0 radical (unpaired) electrons. The van der Waals surface area contributed by atoms with Gasteiger partial charge >= 0.3 is 5.97 Å². The van der Waals surface area contributed by atoms with Crippen molar-refractivity contribution in [2.75, 3.05) is 12.9 Å². The molecule has 0 atom stereocenters. The van der Waals surface area contributed by atoms with Crippen LogP contribution in [0.15, 0.2) is 6.07 Å². The van der Waals surface area contributed by atoms with Crippen LogP contribution >= 0.6 is 11.5 Å². The van der Waals surface area contributed by atoms with Crippen molar-refractivity contribution in [2.24, 2.45) is 0 Å². The summed E-state index contributed by atoms with van der Waals surface area (Å²) in [7, 11) is -3.18. The summed E-state index contributed by atoms with van der Waals surface area (Å²) in [6.45, 7) is 2.02. The minimum atomic E-state index is -3.18. The Balaban J connectivity index is 2.29. The van der Waals surface area contributed by atoms with E-state index in [0.29, 0.717) is 30.0 Å². The Bertz CT molecular complexity index is 542. The average Bonchev–Trinajstić information content (AvgIpc) is 2.91. The summed E-state index contributed by atoms with van der Waals surface area (Å²) < 4.78 is 31.4. The van der Waals surface area contributed by atoms with E-state index in [-0.39, 0.29) is 0 Å². The minimum Gasteiger partial charge on any atom is -0.462 e. The van der Waals surface area contributed by atoms with Crippen molar-refractivity contribution in [3.63, 3.8) is 0 Å². The van der Waals surface area contributed by atoms with Crippen molar-refractivity contribution in [3.05, 3.63) is 16.6 Å². The molecule has 1 aliphatic carbocycles. The summed E-state index contributed by atoms with van der Waals surface area (Å²) in [5, 5.41) is 0. The van der Waals surface area contributed by atoms with E-state index in [0.717, 1.165) is 11.5 Å². The SMILES string of the molecule is CCOC(=O)c1cc(C2(S(C)(=O)=O)CC2)ns1. The van der Waals surface area contributed by atoms with Gasteiger partial charge in [-0.25, -0.2) is 13.2 Å². The van der Waals surface area contributed by atoms with Gasteiger partial charge in [0.1, 0.15) is 9.62 Å². The van der Waals surface area contributed by atoms with Crippen molar-refractivity contribution in [1.29, 1.82) is 0 Å². The number of carbonyl (C=O) groups excluding carboxylic acids is 1. The zero-order valence-corrected chi connectivity index (χ0v) is 11.2. The summed E-state index contributed by atoms with van der Waals surface area (Å²) in [6.07, 6.45) is 2.37. The third kappa shape index (κ3) is 2.09. The van der Waals surface area contributed by atoms with E-state index in [1.54, 1.807) is 6.92 Å². The molecule has 7 heteroatoms. The van der Waals surface area contributed by atoms with Gasteiger partial charge in [0, 0.05) is 6.26 Å². The molecule has 0 unspecified atom stereocenters. The summed E-state index contributed by atoms with van der Waals surface area (Å²) in [4.78, 5) is 11.8. The number of aromatic nitrogens is 1. The number of esters is 1. The molecule has 1 aromatic heterocycles. The molecule has 1 heterocycles. The largest absolute Gasteiger partial charge is 0.462 e. The highest BCUT2D eigenvalue weighted by molar-refractivity contribution is 7.92. The Morgan fingerprint density at radius 2 is 2.24 bits per heavy atom.